The second kappa shape index (κ2) is 11.4. The molecule has 3 aliphatic rings. The summed E-state index contributed by atoms with van der Waals surface area (Å²) in [4.78, 5) is 32.8. The van der Waals surface area contributed by atoms with Crippen LogP contribution in [0.2, 0.25) is 0 Å². The average molecular weight is 554 g/mol. The van der Waals surface area contributed by atoms with Gasteiger partial charge in [0.25, 0.3) is 5.56 Å². The molecule has 0 amide bonds. The molecule has 9 heteroatoms. The highest BCUT2D eigenvalue weighted by molar-refractivity contribution is 6.04. The Labute approximate surface area is 240 Å². The zero-order chi connectivity index (χ0) is 27.8. The van der Waals surface area contributed by atoms with Crippen molar-refractivity contribution in [3.05, 3.63) is 64.8 Å². The normalized spacial score (nSPS) is 21.9. The monoisotopic (exact) mass is 553 g/mol. The zero-order valence-corrected chi connectivity index (χ0v) is 23.6. The minimum Gasteiger partial charge on any atom is -0.393 e. The van der Waals surface area contributed by atoms with Crippen molar-refractivity contribution < 1.29 is 5.11 Å². The zero-order valence-electron chi connectivity index (χ0n) is 23.6. The standard InChI is InChI=1S/C32H39N7O2/c40-26-6-4-25(5-7-26)39-30-29(20-35-32(36-30)34-14-9-22-1-2-22)27-8-3-23(19-28(27)31(39)41)21-37-15-17-38(18-16-37)24-10-12-33-13-11-24/h3,8,10-13,19-20,22,25-26,40H,1-2,4-7,9,14-18,21H2,(H,34,35,36). The third kappa shape index (κ3) is 5.65. The van der Waals surface area contributed by atoms with Crippen LogP contribution in [0.5, 0.6) is 0 Å². The molecule has 0 unspecified atom stereocenters. The molecule has 1 aromatic carbocycles. The van der Waals surface area contributed by atoms with Gasteiger partial charge in [-0.3, -0.25) is 19.2 Å². The molecule has 0 radical (unpaired) electrons. The third-order valence-electron chi connectivity index (χ3n) is 9.19. The molecule has 0 spiro atoms. The first-order valence-electron chi connectivity index (χ1n) is 15.3. The van der Waals surface area contributed by atoms with Gasteiger partial charge in [-0.25, -0.2) is 4.98 Å². The Morgan fingerprint density at radius 2 is 1.68 bits per heavy atom. The molecule has 214 valence electrons. The van der Waals surface area contributed by atoms with E-state index in [0.29, 0.717) is 24.4 Å². The van der Waals surface area contributed by atoms with Gasteiger partial charge >= 0.3 is 0 Å². The number of aliphatic hydroxyl groups excluding tert-OH is 1. The first-order valence-corrected chi connectivity index (χ1v) is 15.3. The van der Waals surface area contributed by atoms with Gasteiger partial charge in [-0.1, -0.05) is 25.0 Å². The van der Waals surface area contributed by atoms with E-state index < -0.39 is 0 Å². The molecule has 1 saturated heterocycles. The summed E-state index contributed by atoms with van der Waals surface area (Å²) in [6.45, 7) is 5.54. The van der Waals surface area contributed by atoms with E-state index in [-0.39, 0.29) is 17.7 Å². The van der Waals surface area contributed by atoms with Crippen LogP contribution in [0.4, 0.5) is 11.6 Å². The van der Waals surface area contributed by atoms with Crippen molar-refractivity contribution in [1.82, 2.24) is 24.4 Å². The number of nitrogens with zero attached hydrogens (tertiary/aromatic N) is 6. The fourth-order valence-corrected chi connectivity index (χ4v) is 6.59. The fourth-order valence-electron chi connectivity index (χ4n) is 6.59. The highest BCUT2D eigenvalue weighted by atomic mass is 16.3. The predicted octanol–water partition coefficient (Wildman–Crippen LogP) is 4.35. The number of fused-ring (bicyclic) bond motifs is 3. The Kier molecular flexibility index (Phi) is 7.31. The summed E-state index contributed by atoms with van der Waals surface area (Å²) >= 11 is 0. The Balaban J connectivity index is 1.18. The van der Waals surface area contributed by atoms with Gasteiger partial charge in [0.15, 0.2) is 0 Å². The van der Waals surface area contributed by atoms with E-state index >= 15 is 0 Å². The summed E-state index contributed by atoms with van der Waals surface area (Å²) in [7, 11) is 0. The molecular weight excluding hydrogens is 514 g/mol. The maximum atomic E-state index is 14.2. The van der Waals surface area contributed by atoms with Crippen LogP contribution in [0.1, 0.15) is 56.6 Å². The first-order chi connectivity index (χ1) is 20.1. The van der Waals surface area contributed by atoms with Gasteiger partial charge in [-0.15, -0.1) is 0 Å². The van der Waals surface area contributed by atoms with E-state index in [9.17, 15) is 9.90 Å². The van der Waals surface area contributed by atoms with Gasteiger partial charge in [0, 0.05) is 80.4 Å². The lowest BCUT2D eigenvalue weighted by atomic mass is 9.92. The number of benzene rings is 1. The van der Waals surface area contributed by atoms with Crippen LogP contribution >= 0.6 is 0 Å². The molecule has 3 aromatic heterocycles. The number of pyridine rings is 2. The minimum atomic E-state index is -0.284. The summed E-state index contributed by atoms with van der Waals surface area (Å²) in [6, 6.07) is 10.5. The lowest BCUT2D eigenvalue weighted by Crippen LogP contribution is -2.45. The summed E-state index contributed by atoms with van der Waals surface area (Å²) in [5.74, 6) is 1.42. The van der Waals surface area contributed by atoms with Crippen molar-refractivity contribution in [2.24, 2.45) is 5.92 Å². The number of rotatable bonds is 8. The van der Waals surface area contributed by atoms with Gasteiger partial charge in [0.2, 0.25) is 5.95 Å². The van der Waals surface area contributed by atoms with Crippen molar-refractivity contribution in [3.63, 3.8) is 0 Å². The van der Waals surface area contributed by atoms with Crippen molar-refractivity contribution in [2.75, 3.05) is 42.9 Å². The van der Waals surface area contributed by atoms with E-state index in [0.717, 1.165) is 86.2 Å². The molecule has 2 N–H and O–H groups in total. The lowest BCUT2D eigenvalue weighted by Gasteiger charge is -2.36. The molecule has 4 heterocycles. The molecule has 0 atom stereocenters. The van der Waals surface area contributed by atoms with E-state index in [1.807, 2.05) is 23.2 Å². The average Bonchev–Trinajstić information content (AvgIpc) is 3.84. The van der Waals surface area contributed by atoms with E-state index in [1.54, 1.807) is 0 Å². The molecular formula is C32H39N7O2. The highest BCUT2D eigenvalue weighted by Crippen LogP contribution is 2.33. The summed E-state index contributed by atoms with van der Waals surface area (Å²) in [6.07, 6.45) is 12.0. The number of anilines is 2. The van der Waals surface area contributed by atoms with Crippen LogP contribution in [0.3, 0.4) is 0 Å². The van der Waals surface area contributed by atoms with Crippen LogP contribution in [-0.4, -0.2) is 68.4 Å². The third-order valence-corrected chi connectivity index (χ3v) is 9.19. The maximum Gasteiger partial charge on any atom is 0.260 e. The molecule has 1 aliphatic heterocycles. The van der Waals surface area contributed by atoms with Gasteiger partial charge in [-0.2, -0.15) is 4.98 Å². The highest BCUT2D eigenvalue weighted by Gasteiger charge is 2.26. The van der Waals surface area contributed by atoms with Crippen LogP contribution in [-0.2, 0) is 6.54 Å². The Morgan fingerprint density at radius 3 is 2.44 bits per heavy atom. The largest absolute Gasteiger partial charge is 0.393 e. The van der Waals surface area contributed by atoms with Gasteiger partial charge in [0.05, 0.1) is 6.10 Å². The molecule has 0 bridgehead atoms. The Bertz CT molecular complexity index is 1570. The summed E-state index contributed by atoms with van der Waals surface area (Å²) in [5, 5.41) is 16.1. The number of hydrogen-bond donors (Lipinski definition) is 2. The van der Waals surface area contributed by atoms with Crippen LogP contribution in [0.25, 0.3) is 21.8 Å². The predicted molar refractivity (Wildman–Crippen MR) is 162 cm³/mol. The lowest BCUT2D eigenvalue weighted by molar-refractivity contribution is 0.111. The van der Waals surface area contributed by atoms with E-state index in [4.69, 9.17) is 4.98 Å². The van der Waals surface area contributed by atoms with Gasteiger partial charge in [0.1, 0.15) is 5.65 Å². The molecule has 2 aliphatic carbocycles. The topological polar surface area (TPSA) is 99.4 Å². The number of aliphatic hydroxyl groups is 1. The second-order valence-corrected chi connectivity index (χ2v) is 12.1. The number of aromatic nitrogens is 4. The van der Waals surface area contributed by atoms with Crippen LogP contribution in [0, 0.1) is 5.92 Å². The van der Waals surface area contributed by atoms with Crippen molar-refractivity contribution in [1.29, 1.82) is 0 Å². The number of piperazine rings is 1. The quantitative estimate of drug-likeness (QED) is 0.311. The molecule has 3 fully saturated rings. The number of hydrogen-bond acceptors (Lipinski definition) is 8. The van der Waals surface area contributed by atoms with Gasteiger partial charge < -0.3 is 15.3 Å². The fraction of sp³-hybridized carbons (Fsp3) is 0.500. The van der Waals surface area contributed by atoms with Crippen molar-refractivity contribution in [3.8, 4) is 0 Å². The van der Waals surface area contributed by atoms with E-state index in [2.05, 4.69) is 55.4 Å². The number of nitrogens with one attached hydrogen (secondary N) is 1. The second-order valence-electron chi connectivity index (χ2n) is 12.1. The Morgan fingerprint density at radius 1 is 0.902 bits per heavy atom. The van der Waals surface area contributed by atoms with Crippen LogP contribution in [0.15, 0.2) is 53.7 Å². The molecule has 9 nitrogen and oxygen atoms in total. The van der Waals surface area contributed by atoms with Gasteiger partial charge in [-0.05, 0) is 67.2 Å². The van der Waals surface area contributed by atoms with Crippen molar-refractivity contribution >= 4 is 33.4 Å². The molecule has 7 rings (SSSR count). The molecule has 2 saturated carbocycles. The summed E-state index contributed by atoms with van der Waals surface area (Å²) < 4.78 is 1.91. The smallest absolute Gasteiger partial charge is 0.260 e. The molecule has 41 heavy (non-hydrogen) atoms. The first kappa shape index (κ1) is 26.3. The minimum absolute atomic E-state index is 0.0147. The summed E-state index contributed by atoms with van der Waals surface area (Å²) in [5.41, 5.74) is 3.08. The van der Waals surface area contributed by atoms with Crippen LogP contribution < -0.4 is 15.8 Å². The molecule has 4 aromatic rings. The maximum absolute atomic E-state index is 14.2. The SMILES string of the molecule is O=c1c2cc(CN3CCN(c4ccncc4)CC3)ccc2c2cnc(NCCC3CC3)nc2n1C1CCC(O)CC1. The Hall–Kier alpha value is -3.56. The van der Waals surface area contributed by atoms with Crippen molar-refractivity contribution in [2.45, 2.75) is 63.6 Å². The van der Waals surface area contributed by atoms with E-state index in [1.165, 1.54) is 18.5 Å².